The van der Waals surface area contributed by atoms with Crippen LogP contribution in [-0.2, 0) is 10.8 Å². The minimum Gasteiger partial charge on any atom is -0.453 e. The van der Waals surface area contributed by atoms with E-state index >= 15 is 0 Å². The van der Waals surface area contributed by atoms with E-state index < -0.39 is 0 Å². The molecular weight excluding hydrogens is 691 g/mol. The summed E-state index contributed by atoms with van der Waals surface area (Å²) in [6.07, 6.45) is 0. The Hall–Kier alpha value is -6.38. The van der Waals surface area contributed by atoms with Crippen molar-refractivity contribution in [3.05, 3.63) is 186 Å². The third-order valence-electron chi connectivity index (χ3n) is 13.2. The molecular formula is C55H45NO. The molecule has 0 N–H and O–H groups in total. The summed E-state index contributed by atoms with van der Waals surface area (Å²) in [5.74, 6) is 0.441. The summed E-state index contributed by atoms with van der Waals surface area (Å²) in [6, 6.07) is 58.3. The fraction of sp³-hybridized carbons (Fsp3) is 0.164. The second kappa shape index (κ2) is 12.1. The van der Waals surface area contributed by atoms with Crippen molar-refractivity contribution in [2.75, 3.05) is 4.90 Å². The van der Waals surface area contributed by atoms with Crippen molar-refractivity contribution in [3.63, 3.8) is 0 Å². The number of hydrogen-bond donors (Lipinski definition) is 0. The molecule has 276 valence electrons. The van der Waals surface area contributed by atoms with Crippen LogP contribution in [0.1, 0.15) is 75.3 Å². The van der Waals surface area contributed by atoms with Crippen LogP contribution in [0.3, 0.4) is 0 Å². The van der Waals surface area contributed by atoms with E-state index in [1.807, 2.05) is 0 Å². The molecule has 0 aliphatic heterocycles. The Morgan fingerprint density at radius 3 is 1.81 bits per heavy atom. The van der Waals surface area contributed by atoms with Gasteiger partial charge >= 0.3 is 0 Å². The molecule has 9 aromatic rings. The Kier molecular flexibility index (Phi) is 7.18. The summed E-state index contributed by atoms with van der Waals surface area (Å²) in [4.78, 5) is 2.41. The summed E-state index contributed by atoms with van der Waals surface area (Å²) in [7, 11) is 0. The highest BCUT2D eigenvalue weighted by Crippen LogP contribution is 2.59. The van der Waals surface area contributed by atoms with Crippen molar-refractivity contribution in [1.82, 2.24) is 0 Å². The Labute approximate surface area is 335 Å². The molecule has 57 heavy (non-hydrogen) atoms. The van der Waals surface area contributed by atoms with E-state index in [4.69, 9.17) is 4.42 Å². The first-order valence-corrected chi connectivity index (χ1v) is 20.4. The summed E-state index contributed by atoms with van der Waals surface area (Å²) < 4.78 is 7.04. The molecule has 0 atom stereocenters. The molecule has 2 aliphatic rings. The third kappa shape index (κ3) is 4.77. The molecule has 8 aromatic carbocycles. The number of benzene rings is 8. The highest BCUT2D eigenvalue weighted by molar-refractivity contribution is 6.13. The van der Waals surface area contributed by atoms with E-state index in [9.17, 15) is 0 Å². The van der Waals surface area contributed by atoms with E-state index in [-0.39, 0.29) is 10.8 Å². The number of nitrogens with zero attached hydrogens (tertiary/aromatic N) is 1. The number of rotatable bonds is 5. The molecule has 11 rings (SSSR count). The normalized spacial score (nSPS) is 14.6. The molecule has 2 nitrogen and oxygen atoms in total. The molecule has 1 heterocycles. The number of fused-ring (bicyclic) bond motifs is 9. The quantitative estimate of drug-likeness (QED) is 0.175. The van der Waals surface area contributed by atoms with E-state index in [2.05, 4.69) is 204 Å². The van der Waals surface area contributed by atoms with Crippen molar-refractivity contribution in [1.29, 1.82) is 0 Å². The van der Waals surface area contributed by atoms with E-state index in [1.54, 1.807) is 0 Å². The maximum atomic E-state index is 7.04. The molecule has 0 saturated carbocycles. The van der Waals surface area contributed by atoms with Gasteiger partial charge in [-0.2, -0.15) is 0 Å². The largest absolute Gasteiger partial charge is 0.453 e. The number of furan rings is 1. The maximum absolute atomic E-state index is 7.04. The molecule has 0 saturated heterocycles. The summed E-state index contributed by atoms with van der Waals surface area (Å²) >= 11 is 0. The molecule has 2 aliphatic carbocycles. The molecule has 0 fully saturated rings. The Bertz CT molecular complexity index is 3080. The first-order chi connectivity index (χ1) is 27.6. The van der Waals surface area contributed by atoms with Crippen molar-refractivity contribution in [2.24, 2.45) is 0 Å². The van der Waals surface area contributed by atoms with Gasteiger partial charge < -0.3 is 9.32 Å². The van der Waals surface area contributed by atoms with Gasteiger partial charge in [0.15, 0.2) is 5.58 Å². The minimum atomic E-state index is -0.243. The molecule has 0 spiro atoms. The minimum absolute atomic E-state index is 0.170. The topological polar surface area (TPSA) is 16.4 Å². The smallest absolute Gasteiger partial charge is 0.159 e. The van der Waals surface area contributed by atoms with Gasteiger partial charge in [-0.25, -0.2) is 0 Å². The zero-order valence-corrected chi connectivity index (χ0v) is 33.4. The van der Waals surface area contributed by atoms with Gasteiger partial charge in [-0.3, -0.25) is 0 Å². The van der Waals surface area contributed by atoms with E-state index in [1.165, 1.54) is 60.8 Å². The second-order valence-corrected chi connectivity index (χ2v) is 17.5. The predicted molar refractivity (Wildman–Crippen MR) is 241 cm³/mol. The lowest BCUT2D eigenvalue weighted by Gasteiger charge is -2.39. The highest BCUT2D eigenvalue weighted by atomic mass is 16.3. The van der Waals surface area contributed by atoms with Crippen LogP contribution in [-0.4, -0.2) is 0 Å². The number of anilines is 3. The predicted octanol–water partition coefficient (Wildman–Crippen LogP) is 15.6. The van der Waals surface area contributed by atoms with E-state index in [0.29, 0.717) is 5.92 Å². The van der Waals surface area contributed by atoms with Gasteiger partial charge in [0.1, 0.15) is 5.58 Å². The zero-order chi connectivity index (χ0) is 38.8. The van der Waals surface area contributed by atoms with Gasteiger partial charge in [-0.05, 0) is 103 Å². The Morgan fingerprint density at radius 2 is 1.07 bits per heavy atom. The molecule has 0 unspecified atom stereocenters. The SMILES string of the molecule is CC(C)c1ccc(N(c2ccc3c(c2)C(C)(C)c2c-3ccc3c2C(C)(C)c2cccc4cccc-3c24)c2cccc3c2oc2c(-c4ccccc4)cccc23)cc1. The van der Waals surface area contributed by atoms with Crippen LogP contribution < -0.4 is 4.90 Å². The van der Waals surface area contributed by atoms with Crippen molar-refractivity contribution >= 4 is 49.8 Å². The molecule has 2 heteroatoms. The van der Waals surface area contributed by atoms with Gasteiger partial charge in [0.2, 0.25) is 0 Å². The second-order valence-electron chi connectivity index (χ2n) is 17.5. The molecule has 1 aromatic heterocycles. The summed E-state index contributed by atoms with van der Waals surface area (Å²) in [5.41, 5.74) is 19.2. The standard InChI is InChI=1S/C55H45NO/c1-33(2)34-24-26-37(27-25-34)56(48-23-13-21-45-44-20-12-18-39(52(44)57-53(45)48)35-14-8-7-9-15-35)38-28-29-40-42-30-31-43-41-19-10-16-36-17-11-22-46(49(36)41)54(3,4)51(43)50(42)55(5,6)47(40)32-38/h7-33H,1-6H3. The monoisotopic (exact) mass is 735 g/mol. The lowest BCUT2D eigenvalue weighted by molar-refractivity contribution is 0.591. The Morgan fingerprint density at radius 1 is 0.474 bits per heavy atom. The zero-order valence-electron chi connectivity index (χ0n) is 33.4. The first-order valence-electron chi connectivity index (χ1n) is 20.4. The van der Waals surface area contributed by atoms with Crippen LogP contribution in [0, 0.1) is 0 Å². The average Bonchev–Trinajstić information content (AvgIpc) is 3.73. The third-order valence-corrected chi connectivity index (χ3v) is 13.2. The van der Waals surface area contributed by atoms with Crippen molar-refractivity contribution in [2.45, 2.75) is 58.3 Å². The summed E-state index contributed by atoms with van der Waals surface area (Å²) in [5, 5.41) is 4.94. The van der Waals surface area contributed by atoms with Gasteiger partial charge in [-0.1, -0.05) is 169 Å². The van der Waals surface area contributed by atoms with Crippen LogP contribution in [0.4, 0.5) is 17.1 Å². The molecule has 0 radical (unpaired) electrons. The van der Waals surface area contributed by atoms with Gasteiger partial charge in [0.05, 0.1) is 5.69 Å². The summed E-state index contributed by atoms with van der Waals surface area (Å²) in [6.45, 7) is 14.2. The first kappa shape index (κ1) is 33.9. The van der Waals surface area contributed by atoms with Crippen molar-refractivity contribution in [3.8, 4) is 33.4 Å². The van der Waals surface area contributed by atoms with Gasteiger partial charge in [0, 0.05) is 38.5 Å². The lowest BCUT2D eigenvalue weighted by Crippen LogP contribution is -2.29. The Balaban J connectivity index is 1.12. The number of hydrogen-bond acceptors (Lipinski definition) is 2. The van der Waals surface area contributed by atoms with Crippen molar-refractivity contribution < 1.29 is 4.42 Å². The number of para-hydroxylation sites is 2. The highest BCUT2D eigenvalue weighted by Gasteiger charge is 2.44. The van der Waals surface area contributed by atoms with Crippen LogP contribution in [0.25, 0.3) is 66.1 Å². The average molecular weight is 736 g/mol. The van der Waals surface area contributed by atoms with E-state index in [0.717, 1.165) is 50.1 Å². The molecule has 0 bridgehead atoms. The maximum Gasteiger partial charge on any atom is 0.159 e. The van der Waals surface area contributed by atoms with Crippen LogP contribution in [0.15, 0.2) is 162 Å². The van der Waals surface area contributed by atoms with Crippen LogP contribution in [0.2, 0.25) is 0 Å². The fourth-order valence-electron chi connectivity index (χ4n) is 10.4. The van der Waals surface area contributed by atoms with Gasteiger partial charge in [0.25, 0.3) is 0 Å². The lowest BCUT2D eigenvalue weighted by atomic mass is 9.63. The van der Waals surface area contributed by atoms with Gasteiger partial charge in [-0.15, -0.1) is 0 Å². The van der Waals surface area contributed by atoms with Crippen LogP contribution >= 0.6 is 0 Å². The van der Waals surface area contributed by atoms with Crippen LogP contribution in [0.5, 0.6) is 0 Å². The fourth-order valence-corrected chi connectivity index (χ4v) is 10.4. The molecule has 0 amide bonds.